The number of anilines is 3. The molecule has 0 radical (unpaired) electrons. The fourth-order valence-electron chi connectivity index (χ4n) is 4.36. The van der Waals surface area contributed by atoms with Gasteiger partial charge in [-0.15, -0.1) is 12.4 Å². The van der Waals surface area contributed by atoms with E-state index in [1.54, 1.807) is 17.0 Å². The van der Waals surface area contributed by atoms with Gasteiger partial charge in [0.2, 0.25) is 5.91 Å². The van der Waals surface area contributed by atoms with Gasteiger partial charge in [0.15, 0.2) is 0 Å². The lowest BCUT2D eigenvalue weighted by Gasteiger charge is -2.30. The van der Waals surface area contributed by atoms with Gasteiger partial charge >= 0.3 is 0 Å². The lowest BCUT2D eigenvalue weighted by atomic mass is 9.88. The maximum Gasteiger partial charge on any atom is 0.258 e. The summed E-state index contributed by atoms with van der Waals surface area (Å²) in [6, 6.07) is 13.0. The average Bonchev–Trinajstić information content (AvgIpc) is 2.74. The zero-order valence-electron chi connectivity index (χ0n) is 16.5. The van der Waals surface area contributed by atoms with Gasteiger partial charge in [-0.25, -0.2) is 0 Å². The van der Waals surface area contributed by atoms with Crippen molar-refractivity contribution in [3.63, 3.8) is 0 Å². The molecule has 0 saturated heterocycles. The number of nitrogens with one attached hydrogen (secondary N) is 1. The molecule has 1 aliphatic carbocycles. The van der Waals surface area contributed by atoms with Gasteiger partial charge in [-0.05, 0) is 61.6 Å². The van der Waals surface area contributed by atoms with Gasteiger partial charge in [-0.2, -0.15) is 0 Å². The summed E-state index contributed by atoms with van der Waals surface area (Å²) >= 11 is 0. The van der Waals surface area contributed by atoms with Crippen LogP contribution < -0.4 is 16.0 Å². The minimum Gasteiger partial charge on any atom is -0.398 e. The van der Waals surface area contributed by atoms with Crippen molar-refractivity contribution in [2.75, 3.05) is 22.5 Å². The van der Waals surface area contributed by atoms with Gasteiger partial charge in [0, 0.05) is 35.1 Å². The zero-order valence-corrected chi connectivity index (χ0v) is 17.3. The second-order valence-corrected chi connectivity index (χ2v) is 7.81. The van der Waals surface area contributed by atoms with Crippen molar-refractivity contribution in [2.24, 2.45) is 5.92 Å². The molecule has 2 amide bonds. The monoisotopic (exact) mass is 413 g/mol. The third-order valence-corrected chi connectivity index (χ3v) is 5.88. The molecule has 2 aromatic rings. The quantitative estimate of drug-likeness (QED) is 0.709. The summed E-state index contributed by atoms with van der Waals surface area (Å²) in [5.74, 6) is 0.103. The van der Waals surface area contributed by atoms with Gasteiger partial charge < -0.3 is 16.0 Å². The fourth-order valence-corrected chi connectivity index (χ4v) is 4.36. The highest BCUT2D eigenvalue weighted by Gasteiger charge is 2.25. The van der Waals surface area contributed by atoms with E-state index < -0.39 is 0 Å². The zero-order chi connectivity index (χ0) is 19.5. The molecular weight excluding hydrogens is 386 g/mol. The van der Waals surface area contributed by atoms with Gasteiger partial charge in [0.1, 0.15) is 0 Å². The number of amides is 2. The predicted octanol–water partition coefficient (Wildman–Crippen LogP) is 4.80. The summed E-state index contributed by atoms with van der Waals surface area (Å²) in [5, 5.41) is 3.01. The highest BCUT2D eigenvalue weighted by atomic mass is 35.5. The van der Waals surface area contributed by atoms with Crippen LogP contribution in [0.1, 0.15) is 54.4 Å². The number of nitrogens with two attached hydrogens (primary N) is 1. The summed E-state index contributed by atoms with van der Waals surface area (Å²) < 4.78 is 0. The van der Waals surface area contributed by atoms with Crippen molar-refractivity contribution < 1.29 is 9.59 Å². The molecule has 3 N–H and O–H groups in total. The number of benzene rings is 2. The number of halogens is 1. The third-order valence-electron chi connectivity index (χ3n) is 5.88. The smallest absolute Gasteiger partial charge is 0.258 e. The molecule has 4 rings (SSSR count). The molecular formula is C23H28ClN3O2. The van der Waals surface area contributed by atoms with E-state index in [1.165, 1.54) is 6.42 Å². The molecule has 29 heavy (non-hydrogen) atoms. The first kappa shape index (κ1) is 21.2. The summed E-state index contributed by atoms with van der Waals surface area (Å²) in [6.07, 6.45) is 7.15. The summed E-state index contributed by atoms with van der Waals surface area (Å²) in [6.45, 7) is 0.675. The summed E-state index contributed by atoms with van der Waals surface area (Å²) in [5.41, 5.74) is 10.1. The number of hydrogen-bond donors (Lipinski definition) is 2. The predicted molar refractivity (Wildman–Crippen MR) is 120 cm³/mol. The molecule has 1 saturated carbocycles. The molecule has 0 bridgehead atoms. The van der Waals surface area contributed by atoms with Gasteiger partial charge in [-0.1, -0.05) is 31.4 Å². The molecule has 6 heteroatoms. The summed E-state index contributed by atoms with van der Waals surface area (Å²) in [7, 11) is 0. The fraction of sp³-hybridized carbons (Fsp3) is 0.391. The Balaban J connectivity index is 0.00000240. The molecule has 1 heterocycles. The Kier molecular flexibility index (Phi) is 6.80. The first-order valence-electron chi connectivity index (χ1n) is 10.2. The van der Waals surface area contributed by atoms with E-state index in [0.29, 0.717) is 17.8 Å². The maximum atomic E-state index is 13.2. The van der Waals surface area contributed by atoms with Crippen LogP contribution in [-0.2, 0) is 11.2 Å². The normalized spacial score (nSPS) is 16.5. The Hall–Kier alpha value is -2.53. The first-order chi connectivity index (χ1) is 13.6. The first-order valence-corrected chi connectivity index (χ1v) is 10.2. The van der Waals surface area contributed by atoms with E-state index in [0.717, 1.165) is 55.5 Å². The second kappa shape index (κ2) is 9.31. The lowest BCUT2D eigenvalue weighted by molar-refractivity contribution is -0.120. The number of rotatable bonds is 3. The van der Waals surface area contributed by atoms with Crippen LogP contribution in [0.3, 0.4) is 0 Å². The Bertz CT molecular complexity index is 893. The van der Waals surface area contributed by atoms with Gasteiger partial charge in [0.25, 0.3) is 5.91 Å². The Morgan fingerprint density at radius 1 is 1.00 bits per heavy atom. The number of carbonyl (C=O) groups excluding carboxylic acids is 2. The molecule has 0 spiro atoms. The van der Waals surface area contributed by atoms with E-state index in [9.17, 15) is 9.59 Å². The highest BCUT2D eigenvalue weighted by molar-refractivity contribution is 6.08. The van der Waals surface area contributed by atoms with Crippen LogP contribution in [-0.4, -0.2) is 18.4 Å². The van der Waals surface area contributed by atoms with E-state index in [-0.39, 0.29) is 30.1 Å². The van der Waals surface area contributed by atoms with Crippen LogP contribution in [0.5, 0.6) is 0 Å². The van der Waals surface area contributed by atoms with Crippen LogP contribution >= 0.6 is 12.4 Å². The van der Waals surface area contributed by atoms with Gasteiger partial charge in [0.05, 0.1) is 0 Å². The molecule has 2 aliphatic rings. The molecule has 5 nitrogen and oxygen atoms in total. The Morgan fingerprint density at radius 3 is 2.55 bits per heavy atom. The van der Waals surface area contributed by atoms with E-state index in [1.807, 2.05) is 30.3 Å². The van der Waals surface area contributed by atoms with Crippen molar-refractivity contribution in [3.8, 4) is 0 Å². The van der Waals surface area contributed by atoms with Crippen molar-refractivity contribution in [3.05, 3.63) is 53.6 Å². The number of hydrogen-bond acceptors (Lipinski definition) is 3. The van der Waals surface area contributed by atoms with E-state index in [2.05, 4.69) is 5.32 Å². The van der Waals surface area contributed by atoms with Crippen LogP contribution in [0.15, 0.2) is 42.5 Å². The van der Waals surface area contributed by atoms with Crippen molar-refractivity contribution >= 4 is 41.3 Å². The molecule has 1 fully saturated rings. The average molecular weight is 414 g/mol. The number of fused-ring (bicyclic) bond motifs is 1. The van der Waals surface area contributed by atoms with Crippen LogP contribution in [0.25, 0.3) is 0 Å². The SMILES string of the molecule is Cl.Nc1cccc2c1CCCN2C(=O)c1cccc(NC(=O)C2CCCCC2)c1. The van der Waals surface area contributed by atoms with Crippen LogP contribution in [0, 0.1) is 5.92 Å². The molecule has 2 aromatic carbocycles. The minimum atomic E-state index is -0.0553. The Labute approximate surface area is 178 Å². The van der Waals surface area contributed by atoms with Crippen molar-refractivity contribution in [1.29, 1.82) is 0 Å². The standard InChI is InChI=1S/C23H27N3O2.ClH/c24-20-12-5-13-21-19(20)11-6-14-26(21)23(28)17-9-4-10-18(15-17)25-22(27)16-7-2-1-3-8-16;/h4-5,9-10,12-13,15-16H,1-3,6-8,11,14,24H2,(H,25,27);1H. The second-order valence-electron chi connectivity index (χ2n) is 7.81. The number of carbonyl (C=O) groups is 2. The highest BCUT2D eigenvalue weighted by Crippen LogP contribution is 2.32. The minimum absolute atomic E-state index is 0. The van der Waals surface area contributed by atoms with Crippen LogP contribution in [0.2, 0.25) is 0 Å². The topological polar surface area (TPSA) is 75.4 Å². The number of nitrogens with zero attached hydrogens (tertiary/aromatic N) is 1. The van der Waals surface area contributed by atoms with Crippen molar-refractivity contribution in [2.45, 2.75) is 44.9 Å². The molecule has 0 atom stereocenters. The number of nitrogen functional groups attached to an aromatic ring is 1. The lowest BCUT2D eigenvalue weighted by Crippen LogP contribution is -2.35. The molecule has 154 valence electrons. The third kappa shape index (κ3) is 4.56. The molecule has 0 unspecified atom stereocenters. The largest absolute Gasteiger partial charge is 0.398 e. The van der Waals surface area contributed by atoms with Gasteiger partial charge in [-0.3, -0.25) is 9.59 Å². The summed E-state index contributed by atoms with van der Waals surface area (Å²) in [4.78, 5) is 27.5. The van der Waals surface area contributed by atoms with Crippen molar-refractivity contribution in [1.82, 2.24) is 0 Å². The van der Waals surface area contributed by atoms with E-state index in [4.69, 9.17) is 5.73 Å². The molecule has 0 aromatic heterocycles. The maximum absolute atomic E-state index is 13.2. The molecule has 1 aliphatic heterocycles. The Morgan fingerprint density at radius 2 is 1.76 bits per heavy atom. The van der Waals surface area contributed by atoms with Crippen LogP contribution in [0.4, 0.5) is 17.1 Å². The van der Waals surface area contributed by atoms with E-state index >= 15 is 0 Å².